The lowest BCUT2D eigenvalue weighted by Gasteiger charge is -2.27. The summed E-state index contributed by atoms with van der Waals surface area (Å²) in [7, 11) is -3.03. The van der Waals surface area contributed by atoms with E-state index in [1.165, 1.54) is 11.2 Å². The van der Waals surface area contributed by atoms with Crippen LogP contribution in [0.4, 0.5) is 10.5 Å². The molecule has 1 aliphatic rings. The molecular weight excluding hydrogens is 568 g/mol. The highest BCUT2D eigenvalue weighted by molar-refractivity contribution is 7.90. The highest BCUT2D eigenvalue weighted by Crippen LogP contribution is 2.47. The van der Waals surface area contributed by atoms with E-state index in [0.29, 0.717) is 36.6 Å². The van der Waals surface area contributed by atoms with Crippen molar-refractivity contribution in [1.29, 1.82) is 0 Å². The number of carboxylic acid groups (broad SMARTS) is 1. The first kappa shape index (κ1) is 32.0. The largest absolute Gasteiger partial charge is 0.494 e. The zero-order valence-electron chi connectivity index (χ0n) is 25.6. The van der Waals surface area contributed by atoms with Crippen LogP contribution in [-0.2, 0) is 25.9 Å². The number of rotatable bonds is 11. The molecule has 1 fully saturated rings. The third-order valence-corrected chi connectivity index (χ3v) is 8.20. The molecule has 1 amide bonds. The summed E-state index contributed by atoms with van der Waals surface area (Å²) in [5.74, 6) is -0.550. The minimum atomic E-state index is -3.03. The maximum atomic E-state index is 13.4. The second-order valence-corrected chi connectivity index (χ2v) is 14.5. The molecule has 9 nitrogen and oxygen atoms in total. The van der Waals surface area contributed by atoms with E-state index < -0.39 is 33.4 Å². The number of anilines is 1. The normalized spacial score (nSPS) is 16.4. The number of sulfone groups is 1. The molecule has 1 heterocycles. The number of carbonyl (C=O) groups is 2. The minimum absolute atomic E-state index is 0.0854. The van der Waals surface area contributed by atoms with E-state index in [0.717, 1.165) is 27.8 Å². The van der Waals surface area contributed by atoms with Gasteiger partial charge in [-0.1, -0.05) is 18.2 Å². The van der Waals surface area contributed by atoms with Gasteiger partial charge in [-0.05, 0) is 106 Å². The number of carbonyl (C=O) groups excluding carboxylic acids is 1. The van der Waals surface area contributed by atoms with Crippen LogP contribution >= 0.6 is 0 Å². The van der Waals surface area contributed by atoms with E-state index in [9.17, 15) is 23.1 Å². The molecule has 1 saturated carbocycles. The molecule has 0 radical (unpaired) electrons. The summed E-state index contributed by atoms with van der Waals surface area (Å²) in [6.07, 6.45) is 3.31. The number of aliphatic carboxylic acids is 1. The summed E-state index contributed by atoms with van der Waals surface area (Å²) in [6, 6.07) is 15.4. The zero-order valence-corrected chi connectivity index (χ0v) is 26.4. The van der Waals surface area contributed by atoms with E-state index >= 15 is 0 Å². The van der Waals surface area contributed by atoms with Crippen LogP contribution in [0.15, 0.2) is 54.7 Å². The fourth-order valence-corrected chi connectivity index (χ4v) is 5.77. The van der Waals surface area contributed by atoms with Crippen molar-refractivity contribution in [3.8, 4) is 16.9 Å². The number of carboxylic acids is 1. The number of amides is 1. The maximum absolute atomic E-state index is 13.4. The van der Waals surface area contributed by atoms with Gasteiger partial charge in [0, 0.05) is 17.9 Å². The predicted molar refractivity (Wildman–Crippen MR) is 166 cm³/mol. The summed E-state index contributed by atoms with van der Waals surface area (Å²) in [5.41, 5.74) is 5.52. The number of benzene rings is 2. The molecule has 1 unspecified atom stereocenters. The van der Waals surface area contributed by atoms with Crippen LogP contribution in [0.1, 0.15) is 61.9 Å². The van der Waals surface area contributed by atoms with Crippen LogP contribution < -0.4 is 9.64 Å². The fourth-order valence-electron chi connectivity index (χ4n) is 5.13. The molecular formula is C33H40N2O7S. The molecule has 2 atom stereocenters. The number of aromatic nitrogens is 1. The van der Waals surface area contributed by atoms with Crippen LogP contribution in [0.5, 0.6) is 5.75 Å². The predicted octanol–water partition coefficient (Wildman–Crippen LogP) is 6.31. The van der Waals surface area contributed by atoms with Gasteiger partial charge >= 0.3 is 12.1 Å². The van der Waals surface area contributed by atoms with Gasteiger partial charge in [-0.25, -0.2) is 13.2 Å². The summed E-state index contributed by atoms with van der Waals surface area (Å²) < 4.78 is 34.3. The number of aryl methyl sites for hydroxylation is 2. The van der Waals surface area contributed by atoms with Gasteiger partial charge in [0.05, 0.1) is 36.7 Å². The van der Waals surface area contributed by atoms with Gasteiger partial charge in [0.1, 0.15) is 21.2 Å². The van der Waals surface area contributed by atoms with Crippen LogP contribution in [0.25, 0.3) is 11.1 Å². The smallest absolute Gasteiger partial charge is 0.415 e. The third kappa shape index (κ3) is 8.79. The average molecular weight is 609 g/mol. The first-order chi connectivity index (χ1) is 20.1. The van der Waals surface area contributed by atoms with Crippen LogP contribution in [0, 0.1) is 19.8 Å². The molecule has 43 heavy (non-hydrogen) atoms. The Hall–Kier alpha value is -3.92. The van der Waals surface area contributed by atoms with Gasteiger partial charge in [-0.3, -0.25) is 14.7 Å². The van der Waals surface area contributed by atoms with Crippen molar-refractivity contribution >= 4 is 27.6 Å². The van der Waals surface area contributed by atoms with Crippen LogP contribution in [0.2, 0.25) is 0 Å². The van der Waals surface area contributed by atoms with Crippen molar-refractivity contribution in [1.82, 2.24) is 4.98 Å². The van der Waals surface area contributed by atoms with Gasteiger partial charge in [-0.2, -0.15) is 0 Å². The van der Waals surface area contributed by atoms with E-state index in [4.69, 9.17) is 9.47 Å². The molecule has 1 aliphatic carbocycles. The Morgan fingerprint density at radius 1 is 1.07 bits per heavy atom. The quantitative estimate of drug-likeness (QED) is 0.251. The molecule has 2 aromatic carbocycles. The van der Waals surface area contributed by atoms with Crippen LogP contribution in [-0.4, -0.2) is 54.8 Å². The van der Waals surface area contributed by atoms with Crippen LogP contribution in [0.3, 0.4) is 0 Å². The number of hydrogen-bond donors (Lipinski definition) is 1. The first-order valence-corrected chi connectivity index (χ1v) is 16.4. The Morgan fingerprint density at radius 3 is 2.33 bits per heavy atom. The molecule has 10 heteroatoms. The Morgan fingerprint density at radius 2 is 1.77 bits per heavy atom. The molecule has 4 rings (SSSR count). The lowest BCUT2D eigenvalue weighted by Crippen LogP contribution is -2.36. The second kappa shape index (κ2) is 12.8. The van der Waals surface area contributed by atoms with Gasteiger partial charge < -0.3 is 14.6 Å². The van der Waals surface area contributed by atoms with Gasteiger partial charge in [0.15, 0.2) is 0 Å². The van der Waals surface area contributed by atoms with Gasteiger partial charge in [0.25, 0.3) is 0 Å². The Balaban J connectivity index is 1.56. The molecule has 0 saturated heterocycles. The third-order valence-electron chi connectivity index (χ3n) is 7.17. The Labute approximate surface area is 253 Å². The van der Waals surface area contributed by atoms with Crippen molar-refractivity contribution in [2.24, 2.45) is 5.92 Å². The standard InChI is InChI=1S/C33H40N2O7S/c1-21-15-26(41-13-8-14-43(6,39)40)16-22(2)30(21)24-10-7-9-23(17-24)20-35(32(38)42-33(3,4)5)25-11-12-29(34-19-25)27-18-28(27)31(36)37/h7,9-12,15-17,19,27-28H,8,13-14,18,20H2,1-6H3,(H,36,37)/t27-,28?/m0/s1. The van der Waals surface area contributed by atoms with Gasteiger partial charge in [0.2, 0.25) is 0 Å². The highest BCUT2D eigenvalue weighted by atomic mass is 32.2. The lowest BCUT2D eigenvalue weighted by atomic mass is 9.94. The highest BCUT2D eigenvalue weighted by Gasteiger charge is 2.45. The number of ether oxygens (including phenoxy) is 2. The maximum Gasteiger partial charge on any atom is 0.415 e. The Kier molecular flexibility index (Phi) is 9.49. The number of pyridine rings is 1. The molecule has 3 aromatic rings. The molecule has 0 bridgehead atoms. The topological polar surface area (TPSA) is 123 Å². The second-order valence-electron chi connectivity index (χ2n) is 12.3. The van der Waals surface area contributed by atoms with Gasteiger partial charge in [-0.15, -0.1) is 0 Å². The number of hydrogen-bond acceptors (Lipinski definition) is 7. The van der Waals surface area contributed by atoms with Crippen molar-refractivity contribution in [3.63, 3.8) is 0 Å². The molecule has 0 aliphatic heterocycles. The van der Waals surface area contributed by atoms with Crippen molar-refractivity contribution in [2.75, 3.05) is 23.5 Å². The average Bonchev–Trinajstić information content (AvgIpc) is 3.70. The van der Waals surface area contributed by atoms with E-state index in [1.807, 2.05) is 71.0 Å². The summed E-state index contributed by atoms with van der Waals surface area (Å²) in [5, 5.41) is 9.27. The fraction of sp³-hybridized carbons (Fsp3) is 0.424. The van der Waals surface area contributed by atoms with Crippen molar-refractivity contribution in [2.45, 2.75) is 65.5 Å². The van der Waals surface area contributed by atoms with E-state index in [2.05, 4.69) is 4.98 Å². The minimum Gasteiger partial charge on any atom is -0.494 e. The lowest BCUT2D eigenvalue weighted by molar-refractivity contribution is -0.138. The summed E-state index contributed by atoms with van der Waals surface area (Å²) >= 11 is 0. The summed E-state index contributed by atoms with van der Waals surface area (Å²) in [4.78, 5) is 30.7. The van der Waals surface area contributed by atoms with Crippen molar-refractivity contribution < 1.29 is 32.6 Å². The summed E-state index contributed by atoms with van der Waals surface area (Å²) in [6.45, 7) is 10.0. The molecule has 1 N–H and O–H groups in total. The molecule has 0 spiro atoms. The van der Waals surface area contributed by atoms with E-state index in [-0.39, 0.29) is 18.2 Å². The SMILES string of the molecule is Cc1cc(OCCCS(C)(=O)=O)cc(C)c1-c1cccc(CN(C(=O)OC(C)(C)C)c2ccc([C@H]3CC3C(=O)O)nc2)c1. The Bertz CT molecular complexity index is 1570. The zero-order chi connectivity index (χ0) is 31.5. The number of nitrogens with zero attached hydrogens (tertiary/aromatic N) is 2. The molecule has 1 aromatic heterocycles. The first-order valence-electron chi connectivity index (χ1n) is 14.3. The van der Waals surface area contributed by atoms with Crippen molar-refractivity contribution in [3.05, 3.63) is 77.1 Å². The monoisotopic (exact) mass is 608 g/mol. The molecule has 230 valence electrons. The van der Waals surface area contributed by atoms with E-state index in [1.54, 1.807) is 18.3 Å².